The summed E-state index contributed by atoms with van der Waals surface area (Å²) in [6.07, 6.45) is -10.6. The highest BCUT2D eigenvalue weighted by Gasteiger charge is 2.54. The van der Waals surface area contributed by atoms with Gasteiger partial charge in [-0.2, -0.15) is 26.3 Å². The fourth-order valence-corrected chi connectivity index (χ4v) is 6.87. The number of amides is 4. The first-order chi connectivity index (χ1) is 24.4. The van der Waals surface area contributed by atoms with E-state index in [9.17, 15) is 55.7 Å². The number of anilines is 1. The van der Waals surface area contributed by atoms with Crippen molar-refractivity contribution in [2.24, 2.45) is 0 Å². The average Bonchev–Trinajstić information content (AvgIpc) is 3.43. The van der Waals surface area contributed by atoms with Gasteiger partial charge in [-0.25, -0.2) is 4.90 Å². The van der Waals surface area contributed by atoms with Crippen LogP contribution in [0.15, 0.2) is 60.7 Å². The summed E-state index contributed by atoms with van der Waals surface area (Å²) in [4.78, 5) is 54.2. The van der Waals surface area contributed by atoms with E-state index in [4.69, 9.17) is 0 Å². The highest BCUT2D eigenvalue weighted by atomic mass is 19.4. The number of benzene rings is 4. The van der Waals surface area contributed by atoms with Crippen molar-refractivity contribution in [1.82, 2.24) is 4.90 Å². The Morgan fingerprint density at radius 3 is 1.51 bits per heavy atom. The average molecular weight is 739 g/mol. The maximum Gasteiger partial charge on any atom is 0.421 e. The molecule has 4 amide bonds. The van der Waals surface area contributed by atoms with Crippen molar-refractivity contribution in [3.8, 4) is 11.1 Å². The van der Waals surface area contributed by atoms with E-state index in [-0.39, 0.29) is 50.9 Å². The Hall–Kier alpha value is -5.34. The number of halogens is 6. The molecule has 2 heterocycles. The normalized spacial score (nSPS) is 16.9. The van der Waals surface area contributed by atoms with Crippen LogP contribution in [-0.4, -0.2) is 58.1 Å². The van der Waals surface area contributed by atoms with Crippen molar-refractivity contribution >= 4 is 29.3 Å². The van der Waals surface area contributed by atoms with Crippen molar-refractivity contribution in [1.29, 1.82) is 0 Å². The molecule has 2 N–H and O–H groups in total. The van der Waals surface area contributed by atoms with Crippen LogP contribution < -0.4 is 4.90 Å². The number of nitrogens with zero attached hydrogens (tertiary/aromatic N) is 2. The minimum absolute atomic E-state index is 0.0194. The summed E-state index contributed by atoms with van der Waals surface area (Å²) in [5.74, 6) is -2.96. The van der Waals surface area contributed by atoms with Crippen molar-refractivity contribution in [2.75, 3.05) is 11.9 Å². The molecule has 4 aromatic carbocycles. The van der Waals surface area contributed by atoms with Crippen LogP contribution in [0.2, 0.25) is 0 Å². The molecule has 6 rings (SSSR count). The molecule has 2 aliphatic rings. The molecule has 0 saturated heterocycles. The Morgan fingerprint density at radius 2 is 0.981 bits per heavy atom. The molecule has 0 radical (unpaired) electrons. The molecule has 53 heavy (non-hydrogen) atoms. The fraction of sp³-hybridized carbons (Fsp3) is 0.282. The molecule has 4 aromatic rings. The Labute approximate surface area is 299 Å². The van der Waals surface area contributed by atoms with Gasteiger partial charge in [-0.15, -0.1) is 0 Å². The number of imide groups is 2. The molecular formula is C39H32F6N2O6. The minimum Gasteiger partial charge on any atom is -0.376 e. The summed E-state index contributed by atoms with van der Waals surface area (Å²) in [6, 6.07) is 13.6. The summed E-state index contributed by atoms with van der Waals surface area (Å²) >= 11 is 0. The summed E-state index contributed by atoms with van der Waals surface area (Å²) in [5, 5.41) is 21.5. The van der Waals surface area contributed by atoms with Gasteiger partial charge in [0.15, 0.2) is 11.2 Å². The van der Waals surface area contributed by atoms with E-state index < -0.39 is 64.0 Å². The molecule has 0 saturated carbocycles. The highest BCUT2D eigenvalue weighted by Crippen LogP contribution is 2.47. The summed E-state index contributed by atoms with van der Waals surface area (Å²) in [6.45, 7) is 5.35. The van der Waals surface area contributed by atoms with E-state index in [1.54, 1.807) is 6.07 Å². The third kappa shape index (κ3) is 5.80. The Bertz CT molecular complexity index is 2290. The second-order valence-corrected chi connectivity index (χ2v) is 13.8. The van der Waals surface area contributed by atoms with Gasteiger partial charge in [0.2, 0.25) is 0 Å². The number of hydrogen-bond acceptors (Lipinski definition) is 6. The molecule has 0 bridgehead atoms. The molecule has 0 spiro atoms. The first-order valence-corrected chi connectivity index (χ1v) is 16.2. The van der Waals surface area contributed by atoms with Gasteiger partial charge in [0.05, 0.1) is 27.9 Å². The van der Waals surface area contributed by atoms with Crippen LogP contribution in [0.5, 0.6) is 0 Å². The van der Waals surface area contributed by atoms with Crippen LogP contribution >= 0.6 is 0 Å². The molecule has 14 heteroatoms. The lowest BCUT2D eigenvalue weighted by Crippen LogP contribution is -2.42. The molecule has 0 aromatic heterocycles. The third-order valence-corrected chi connectivity index (χ3v) is 10.2. The van der Waals surface area contributed by atoms with Gasteiger partial charge in [0, 0.05) is 12.6 Å². The summed E-state index contributed by atoms with van der Waals surface area (Å²) < 4.78 is 85.0. The van der Waals surface area contributed by atoms with Gasteiger partial charge in [-0.3, -0.25) is 24.1 Å². The zero-order valence-corrected chi connectivity index (χ0v) is 29.2. The topological polar surface area (TPSA) is 115 Å². The van der Waals surface area contributed by atoms with Gasteiger partial charge >= 0.3 is 12.4 Å². The van der Waals surface area contributed by atoms with E-state index in [1.807, 2.05) is 0 Å². The molecule has 2 atom stereocenters. The van der Waals surface area contributed by atoms with E-state index in [2.05, 4.69) is 0 Å². The van der Waals surface area contributed by atoms with Crippen molar-refractivity contribution in [2.45, 2.75) is 64.6 Å². The second-order valence-electron chi connectivity index (χ2n) is 13.8. The largest absolute Gasteiger partial charge is 0.421 e. The Morgan fingerprint density at radius 1 is 0.566 bits per heavy atom. The van der Waals surface area contributed by atoms with Gasteiger partial charge < -0.3 is 10.2 Å². The van der Waals surface area contributed by atoms with Gasteiger partial charge in [0.1, 0.15) is 0 Å². The summed E-state index contributed by atoms with van der Waals surface area (Å²) in [7, 11) is 1.33. The highest BCUT2D eigenvalue weighted by molar-refractivity contribution is 6.35. The van der Waals surface area contributed by atoms with Crippen LogP contribution in [0.4, 0.5) is 32.0 Å². The van der Waals surface area contributed by atoms with E-state index in [1.165, 1.54) is 70.3 Å². The number of alkyl halides is 6. The lowest BCUT2D eigenvalue weighted by molar-refractivity contribution is -0.259. The standard InChI is InChI=1S/C39H32F6N2O6/c1-18-11-21(14-29(20(18)3)36(4,52)38(40,41)42)13-22-12-19(2)31(30(15-22)37(5,53)39(43,44)45)47-34(50)26-10-8-24(17-28(26)35(47)51)23-7-9-25-27(16-23)33(49)46(6)32(25)48/h7-12,14-17,52-53H,13H2,1-6H3. The zero-order valence-electron chi connectivity index (χ0n) is 29.2. The predicted molar refractivity (Wildman–Crippen MR) is 181 cm³/mol. The quantitative estimate of drug-likeness (QED) is 0.157. The molecule has 0 fully saturated rings. The van der Waals surface area contributed by atoms with Gasteiger partial charge in [-0.05, 0) is 110 Å². The van der Waals surface area contributed by atoms with E-state index in [0.717, 1.165) is 17.0 Å². The van der Waals surface area contributed by atoms with Crippen LogP contribution in [0, 0.1) is 20.8 Å². The number of carbonyl (C=O) groups excluding carboxylic acids is 4. The maximum atomic E-state index is 14.5. The fourth-order valence-electron chi connectivity index (χ4n) is 6.87. The van der Waals surface area contributed by atoms with Gasteiger partial charge in [0.25, 0.3) is 23.6 Å². The van der Waals surface area contributed by atoms with Crippen molar-refractivity contribution < 1.29 is 55.7 Å². The number of aryl methyl sites for hydroxylation is 2. The molecule has 0 aliphatic carbocycles. The third-order valence-electron chi connectivity index (χ3n) is 10.2. The van der Waals surface area contributed by atoms with Crippen LogP contribution in [0.3, 0.4) is 0 Å². The molecule has 276 valence electrons. The van der Waals surface area contributed by atoms with E-state index >= 15 is 0 Å². The molecule has 8 nitrogen and oxygen atoms in total. The van der Waals surface area contributed by atoms with Crippen LogP contribution in [-0.2, 0) is 17.6 Å². The zero-order chi connectivity index (χ0) is 39.3. The Kier molecular flexibility index (Phi) is 8.54. The van der Waals surface area contributed by atoms with Crippen molar-refractivity contribution in [3.05, 3.63) is 122 Å². The SMILES string of the molecule is Cc1cc(Cc2cc(C)c(N3C(=O)c4ccc(-c5ccc6c(c5)C(=O)N(C)C6=O)cc4C3=O)c(C(C)(O)C(F)(F)F)c2)cc(C(C)(O)C(F)(F)F)c1C. The molecule has 2 unspecified atom stereocenters. The Balaban J connectivity index is 1.44. The lowest BCUT2D eigenvalue weighted by Gasteiger charge is -2.32. The monoisotopic (exact) mass is 738 g/mol. The first-order valence-electron chi connectivity index (χ1n) is 16.2. The van der Waals surface area contributed by atoms with Crippen molar-refractivity contribution in [3.63, 3.8) is 0 Å². The lowest BCUT2D eigenvalue weighted by atomic mass is 9.85. The van der Waals surface area contributed by atoms with Crippen LogP contribution in [0.1, 0.15) is 94.2 Å². The first kappa shape index (κ1) is 37.4. The number of fused-ring (bicyclic) bond motifs is 2. The number of rotatable bonds is 6. The van der Waals surface area contributed by atoms with E-state index in [0.29, 0.717) is 35.4 Å². The number of hydrogen-bond donors (Lipinski definition) is 2. The number of aliphatic hydroxyl groups is 2. The van der Waals surface area contributed by atoms with Gasteiger partial charge in [-0.1, -0.05) is 36.4 Å². The molecular weight excluding hydrogens is 706 g/mol. The second kappa shape index (κ2) is 12.1. The number of carbonyl (C=O) groups is 4. The smallest absolute Gasteiger partial charge is 0.376 e. The minimum atomic E-state index is -5.31. The molecule has 2 aliphatic heterocycles. The van der Waals surface area contributed by atoms with Crippen LogP contribution in [0.25, 0.3) is 11.1 Å². The summed E-state index contributed by atoms with van der Waals surface area (Å²) in [5.41, 5.74) is -6.95. The predicted octanol–water partition coefficient (Wildman–Crippen LogP) is 7.44. The maximum absolute atomic E-state index is 14.5.